The highest BCUT2D eigenvalue weighted by atomic mass is 16.5. The van der Waals surface area contributed by atoms with E-state index < -0.39 is 0 Å². The Hall–Kier alpha value is -2.57. The first-order chi connectivity index (χ1) is 14.0. The van der Waals surface area contributed by atoms with Gasteiger partial charge in [-0.3, -0.25) is 4.68 Å². The van der Waals surface area contributed by atoms with Crippen LogP contribution < -0.4 is 15.4 Å². The smallest absolute Gasteiger partial charge is 0.218 e. The molecule has 2 N–H and O–H groups in total. The van der Waals surface area contributed by atoms with Crippen molar-refractivity contribution in [1.82, 2.24) is 25.4 Å². The summed E-state index contributed by atoms with van der Waals surface area (Å²) in [5.41, 5.74) is 4.58. The first kappa shape index (κ1) is 22.7. The van der Waals surface area contributed by atoms with Gasteiger partial charge >= 0.3 is 0 Å². The number of nitrogens with one attached hydrogen (secondary N) is 2. The minimum Gasteiger partial charge on any atom is -0.477 e. The van der Waals surface area contributed by atoms with Crippen LogP contribution in [0.1, 0.15) is 56.1 Å². The summed E-state index contributed by atoms with van der Waals surface area (Å²) in [7, 11) is 1.99. The number of hydrogen-bond acceptors (Lipinski definition) is 4. The molecule has 0 aliphatic rings. The number of ether oxygens (including phenoxy) is 1. The van der Waals surface area contributed by atoms with Gasteiger partial charge in [0, 0.05) is 37.1 Å². The molecule has 2 heterocycles. The van der Waals surface area contributed by atoms with Crippen LogP contribution in [0.3, 0.4) is 0 Å². The molecule has 0 saturated carbocycles. The van der Waals surface area contributed by atoms with Gasteiger partial charge in [0.2, 0.25) is 5.88 Å². The van der Waals surface area contributed by atoms with Crippen LogP contribution in [0.4, 0.5) is 0 Å². The molecule has 0 aliphatic heterocycles. The molecule has 1 unspecified atom stereocenters. The molecule has 2 aromatic rings. The monoisotopic (exact) mass is 400 g/mol. The quantitative estimate of drug-likeness (QED) is 0.364. The summed E-state index contributed by atoms with van der Waals surface area (Å²) >= 11 is 0. The third kappa shape index (κ3) is 6.76. The lowest BCUT2D eigenvalue weighted by Gasteiger charge is -2.18. The normalized spacial score (nSPS) is 12.7. The van der Waals surface area contributed by atoms with Crippen molar-refractivity contribution in [3.05, 3.63) is 40.8 Å². The van der Waals surface area contributed by atoms with E-state index in [2.05, 4.69) is 55.3 Å². The maximum atomic E-state index is 5.83. The average molecular weight is 401 g/mol. The highest BCUT2D eigenvalue weighted by Crippen LogP contribution is 2.16. The second kappa shape index (κ2) is 11.4. The first-order valence-electron chi connectivity index (χ1n) is 10.6. The molecule has 2 rings (SSSR count). The van der Waals surface area contributed by atoms with E-state index in [0.717, 1.165) is 43.0 Å². The van der Waals surface area contributed by atoms with Crippen LogP contribution in [0, 0.1) is 13.8 Å². The molecule has 7 nitrogen and oxygen atoms in total. The van der Waals surface area contributed by atoms with Crippen molar-refractivity contribution in [2.45, 2.75) is 66.5 Å². The highest BCUT2D eigenvalue weighted by molar-refractivity contribution is 5.80. The lowest BCUT2D eigenvalue weighted by atomic mass is 10.1. The van der Waals surface area contributed by atoms with E-state index >= 15 is 0 Å². The second-order valence-corrected chi connectivity index (χ2v) is 7.39. The lowest BCUT2D eigenvalue weighted by molar-refractivity contribution is 0.294. The maximum Gasteiger partial charge on any atom is 0.218 e. The molecule has 160 valence electrons. The van der Waals surface area contributed by atoms with E-state index in [1.165, 1.54) is 11.3 Å². The number of pyridine rings is 1. The van der Waals surface area contributed by atoms with Crippen LogP contribution in [0.5, 0.6) is 5.88 Å². The topological polar surface area (TPSA) is 76.4 Å². The Morgan fingerprint density at radius 2 is 2.10 bits per heavy atom. The van der Waals surface area contributed by atoms with E-state index in [4.69, 9.17) is 9.73 Å². The SMILES string of the molecule is CCCCOc1ncccc1CN=C(NCC)NC(C)Cc1c(C)nn(C)c1C. The van der Waals surface area contributed by atoms with Crippen LogP contribution in [0.2, 0.25) is 0 Å². The molecule has 7 heteroatoms. The summed E-state index contributed by atoms with van der Waals surface area (Å²) in [6.45, 7) is 12.6. The van der Waals surface area contributed by atoms with Crippen molar-refractivity contribution in [3.8, 4) is 5.88 Å². The summed E-state index contributed by atoms with van der Waals surface area (Å²) in [6.07, 6.45) is 4.78. The van der Waals surface area contributed by atoms with Gasteiger partial charge in [-0.25, -0.2) is 9.98 Å². The molecule has 1 atom stereocenters. The van der Waals surface area contributed by atoms with Gasteiger partial charge in [-0.1, -0.05) is 19.4 Å². The first-order valence-corrected chi connectivity index (χ1v) is 10.6. The maximum absolute atomic E-state index is 5.83. The molecule has 0 bridgehead atoms. The van der Waals surface area contributed by atoms with E-state index in [0.29, 0.717) is 19.0 Å². The zero-order chi connectivity index (χ0) is 21.2. The van der Waals surface area contributed by atoms with Crippen molar-refractivity contribution in [3.63, 3.8) is 0 Å². The molecule has 0 radical (unpaired) electrons. The minimum atomic E-state index is 0.226. The molecule has 0 amide bonds. The largest absolute Gasteiger partial charge is 0.477 e. The summed E-state index contributed by atoms with van der Waals surface area (Å²) in [5.74, 6) is 1.47. The van der Waals surface area contributed by atoms with Crippen LogP contribution in [0.25, 0.3) is 0 Å². The third-order valence-corrected chi connectivity index (χ3v) is 4.89. The predicted octanol–water partition coefficient (Wildman–Crippen LogP) is 3.30. The fourth-order valence-corrected chi connectivity index (χ4v) is 3.18. The number of guanidine groups is 1. The molecule has 0 aromatic carbocycles. The van der Waals surface area contributed by atoms with Gasteiger partial charge in [0.25, 0.3) is 0 Å². The minimum absolute atomic E-state index is 0.226. The van der Waals surface area contributed by atoms with Gasteiger partial charge in [0.1, 0.15) is 0 Å². The third-order valence-electron chi connectivity index (χ3n) is 4.89. The Kier molecular flexibility index (Phi) is 8.96. The summed E-state index contributed by atoms with van der Waals surface area (Å²) < 4.78 is 7.77. The Morgan fingerprint density at radius 1 is 1.31 bits per heavy atom. The van der Waals surface area contributed by atoms with E-state index in [1.807, 2.05) is 23.9 Å². The molecule has 0 saturated heterocycles. The standard InChI is InChI=1S/C22H36N6O/c1-7-9-13-29-21-19(11-10-12-24-21)15-25-22(23-8-2)26-16(3)14-20-17(4)27-28(6)18(20)5/h10-12,16H,7-9,13-15H2,1-6H3,(H2,23,25,26). The fraction of sp³-hybridized carbons (Fsp3) is 0.591. The fourth-order valence-electron chi connectivity index (χ4n) is 3.18. The van der Waals surface area contributed by atoms with Crippen molar-refractivity contribution in [1.29, 1.82) is 0 Å². The Bertz CT molecular complexity index is 799. The Balaban J connectivity index is 2.04. The molecule has 0 aliphatic carbocycles. The van der Waals surface area contributed by atoms with E-state index in [9.17, 15) is 0 Å². The summed E-state index contributed by atoms with van der Waals surface area (Å²) in [4.78, 5) is 9.13. The van der Waals surface area contributed by atoms with Crippen molar-refractivity contribution < 1.29 is 4.74 Å². The molecule has 0 fully saturated rings. The van der Waals surface area contributed by atoms with Crippen LogP contribution in [0.15, 0.2) is 23.3 Å². The highest BCUT2D eigenvalue weighted by Gasteiger charge is 2.14. The number of unbranched alkanes of at least 4 members (excludes halogenated alkanes) is 1. The van der Waals surface area contributed by atoms with E-state index in [1.54, 1.807) is 6.20 Å². The number of nitrogens with zero attached hydrogens (tertiary/aromatic N) is 4. The number of aryl methyl sites for hydroxylation is 2. The predicted molar refractivity (Wildman–Crippen MR) is 118 cm³/mol. The number of aliphatic imine (C=N–C) groups is 1. The van der Waals surface area contributed by atoms with Crippen LogP contribution >= 0.6 is 0 Å². The van der Waals surface area contributed by atoms with Gasteiger partial charge in [0.05, 0.1) is 18.8 Å². The molecular weight excluding hydrogens is 364 g/mol. The van der Waals surface area contributed by atoms with Crippen LogP contribution in [-0.2, 0) is 20.0 Å². The second-order valence-electron chi connectivity index (χ2n) is 7.39. The Morgan fingerprint density at radius 3 is 2.76 bits per heavy atom. The lowest BCUT2D eigenvalue weighted by Crippen LogP contribution is -2.43. The molecule has 0 spiro atoms. The number of rotatable bonds is 10. The molecular formula is C22H36N6O. The van der Waals surface area contributed by atoms with E-state index in [-0.39, 0.29) is 6.04 Å². The van der Waals surface area contributed by atoms with Gasteiger partial charge in [-0.05, 0) is 52.2 Å². The Labute approximate surface area is 175 Å². The summed E-state index contributed by atoms with van der Waals surface area (Å²) in [5, 5.41) is 11.4. The number of hydrogen-bond donors (Lipinski definition) is 2. The average Bonchev–Trinajstić information content (AvgIpc) is 2.93. The molecule has 29 heavy (non-hydrogen) atoms. The zero-order valence-electron chi connectivity index (χ0n) is 18.7. The van der Waals surface area contributed by atoms with Crippen LogP contribution in [-0.4, -0.2) is 39.9 Å². The molecule has 2 aromatic heterocycles. The van der Waals surface area contributed by atoms with Gasteiger partial charge < -0.3 is 15.4 Å². The summed E-state index contributed by atoms with van der Waals surface area (Å²) in [6, 6.07) is 4.17. The van der Waals surface area contributed by atoms with Gasteiger partial charge in [-0.15, -0.1) is 0 Å². The zero-order valence-corrected chi connectivity index (χ0v) is 18.7. The van der Waals surface area contributed by atoms with Crippen molar-refractivity contribution in [2.24, 2.45) is 12.0 Å². The van der Waals surface area contributed by atoms with Crippen molar-refractivity contribution >= 4 is 5.96 Å². The van der Waals surface area contributed by atoms with Gasteiger partial charge in [0.15, 0.2) is 5.96 Å². The van der Waals surface area contributed by atoms with Crippen molar-refractivity contribution in [2.75, 3.05) is 13.2 Å². The number of aromatic nitrogens is 3. The van der Waals surface area contributed by atoms with Gasteiger partial charge in [-0.2, -0.15) is 5.10 Å².